The van der Waals surface area contributed by atoms with E-state index in [0.717, 1.165) is 16.9 Å². The zero-order chi connectivity index (χ0) is 20.9. The van der Waals surface area contributed by atoms with Gasteiger partial charge in [-0.1, -0.05) is 30.3 Å². The van der Waals surface area contributed by atoms with Crippen LogP contribution in [0.25, 0.3) is 0 Å². The molecular weight excluding hydrogens is 388 g/mol. The van der Waals surface area contributed by atoms with E-state index in [2.05, 4.69) is 5.32 Å². The monoisotopic (exact) mass is 416 g/mol. The highest BCUT2D eigenvalue weighted by molar-refractivity contribution is 7.89. The number of aryl methyl sites for hydroxylation is 2. The van der Waals surface area contributed by atoms with Crippen LogP contribution in [0.3, 0.4) is 0 Å². The van der Waals surface area contributed by atoms with Crippen molar-refractivity contribution in [2.24, 2.45) is 5.92 Å². The third-order valence-electron chi connectivity index (χ3n) is 5.14. The fourth-order valence-electron chi connectivity index (χ4n) is 3.46. The molecule has 0 radical (unpaired) electrons. The highest BCUT2D eigenvalue weighted by Gasteiger charge is 2.33. The Morgan fingerprint density at radius 1 is 1.17 bits per heavy atom. The molecule has 3 rings (SSSR count). The lowest BCUT2D eigenvalue weighted by atomic mass is 9.99. The highest BCUT2D eigenvalue weighted by Crippen LogP contribution is 2.24. The third-order valence-corrected chi connectivity index (χ3v) is 7.02. The lowest BCUT2D eigenvalue weighted by Gasteiger charge is -2.31. The van der Waals surface area contributed by atoms with Crippen LogP contribution >= 0.6 is 0 Å². The van der Waals surface area contributed by atoms with Gasteiger partial charge in [-0.25, -0.2) is 8.42 Å². The summed E-state index contributed by atoms with van der Waals surface area (Å²) < 4.78 is 32.8. The van der Waals surface area contributed by atoms with Crippen LogP contribution in [0.1, 0.15) is 24.0 Å². The van der Waals surface area contributed by atoms with Crippen molar-refractivity contribution >= 4 is 15.9 Å². The average molecular weight is 417 g/mol. The summed E-state index contributed by atoms with van der Waals surface area (Å²) in [6.07, 6.45) is 1.35. The molecule has 7 heteroatoms. The lowest BCUT2D eigenvalue weighted by molar-refractivity contribution is -0.126. The Bertz CT molecular complexity index is 945. The molecule has 1 atom stereocenters. The fourth-order valence-corrected chi connectivity index (χ4v) is 5.00. The summed E-state index contributed by atoms with van der Waals surface area (Å²) >= 11 is 0. The van der Waals surface area contributed by atoms with E-state index >= 15 is 0 Å². The van der Waals surface area contributed by atoms with Crippen LogP contribution in [0.2, 0.25) is 0 Å². The van der Waals surface area contributed by atoms with Gasteiger partial charge >= 0.3 is 0 Å². The van der Waals surface area contributed by atoms with E-state index in [4.69, 9.17) is 4.74 Å². The Morgan fingerprint density at radius 3 is 2.69 bits per heavy atom. The van der Waals surface area contributed by atoms with Crippen LogP contribution in [0, 0.1) is 19.8 Å². The van der Waals surface area contributed by atoms with Crippen molar-refractivity contribution in [2.75, 3.05) is 26.2 Å². The quantitative estimate of drug-likeness (QED) is 0.704. The van der Waals surface area contributed by atoms with Crippen molar-refractivity contribution in [3.05, 3.63) is 59.7 Å². The first kappa shape index (κ1) is 21.3. The molecule has 1 amide bonds. The van der Waals surface area contributed by atoms with E-state index < -0.39 is 10.0 Å². The number of ether oxygens (including phenoxy) is 1. The summed E-state index contributed by atoms with van der Waals surface area (Å²) in [5.74, 6) is 0.350. The zero-order valence-electron chi connectivity index (χ0n) is 16.9. The number of carbonyl (C=O) groups is 1. The summed E-state index contributed by atoms with van der Waals surface area (Å²) in [4.78, 5) is 12.8. The molecule has 0 unspecified atom stereocenters. The van der Waals surface area contributed by atoms with Crippen molar-refractivity contribution < 1.29 is 17.9 Å². The summed E-state index contributed by atoms with van der Waals surface area (Å²) in [7, 11) is -3.57. The molecule has 156 valence electrons. The van der Waals surface area contributed by atoms with Crippen molar-refractivity contribution in [1.29, 1.82) is 0 Å². The van der Waals surface area contributed by atoms with Gasteiger partial charge in [0.25, 0.3) is 0 Å². The number of hydrogen-bond donors (Lipinski definition) is 1. The predicted octanol–water partition coefficient (Wildman–Crippen LogP) is 2.90. The first-order chi connectivity index (χ1) is 13.9. The fraction of sp³-hybridized carbons (Fsp3) is 0.409. The van der Waals surface area contributed by atoms with Crippen LogP contribution < -0.4 is 10.1 Å². The van der Waals surface area contributed by atoms with Gasteiger partial charge in [-0.15, -0.1) is 0 Å². The molecule has 1 aliphatic rings. The summed E-state index contributed by atoms with van der Waals surface area (Å²) in [5, 5.41) is 2.88. The van der Waals surface area contributed by atoms with Crippen LogP contribution in [0.4, 0.5) is 0 Å². The molecule has 1 saturated heterocycles. The van der Waals surface area contributed by atoms with E-state index in [1.807, 2.05) is 32.0 Å². The molecule has 0 spiro atoms. The maximum atomic E-state index is 12.8. The molecule has 0 saturated carbocycles. The number of piperidine rings is 1. The molecular formula is C22H28N2O4S. The number of hydrogen-bond acceptors (Lipinski definition) is 4. The van der Waals surface area contributed by atoms with E-state index in [9.17, 15) is 13.2 Å². The number of benzene rings is 2. The first-order valence-electron chi connectivity index (χ1n) is 9.91. The van der Waals surface area contributed by atoms with Crippen LogP contribution in [-0.2, 0) is 14.8 Å². The second-order valence-corrected chi connectivity index (χ2v) is 9.36. The van der Waals surface area contributed by atoms with Crippen LogP contribution in [-0.4, -0.2) is 44.9 Å². The zero-order valence-corrected chi connectivity index (χ0v) is 17.7. The Hall–Kier alpha value is -2.38. The molecule has 2 aromatic rings. The Labute approximate surface area is 172 Å². The molecule has 2 aromatic carbocycles. The van der Waals surface area contributed by atoms with E-state index in [-0.39, 0.29) is 23.3 Å². The molecule has 1 heterocycles. The Kier molecular flexibility index (Phi) is 6.92. The Morgan fingerprint density at radius 2 is 1.93 bits per heavy atom. The minimum Gasteiger partial charge on any atom is -0.491 e. The molecule has 0 aromatic heterocycles. The largest absolute Gasteiger partial charge is 0.491 e. The number of nitrogens with one attached hydrogen (secondary N) is 1. The molecule has 6 nitrogen and oxygen atoms in total. The number of carbonyl (C=O) groups excluding carboxylic acids is 1. The minimum atomic E-state index is -3.57. The van der Waals surface area contributed by atoms with Crippen molar-refractivity contribution in [3.8, 4) is 5.75 Å². The number of amides is 1. The third kappa shape index (κ3) is 5.36. The van der Waals surface area contributed by atoms with Crippen molar-refractivity contribution in [2.45, 2.75) is 31.6 Å². The van der Waals surface area contributed by atoms with Gasteiger partial charge in [0.1, 0.15) is 12.4 Å². The molecule has 29 heavy (non-hydrogen) atoms. The summed E-state index contributed by atoms with van der Waals surface area (Å²) in [6.45, 7) is 5.39. The standard InChI is InChI=1S/C22H28N2O4S/c1-17-10-11-18(2)21(15-17)28-14-12-23-22(25)19-7-6-13-24(16-19)29(26,27)20-8-4-3-5-9-20/h3-5,8-11,15,19H,6-7,12-14,16H2,1-2H3,(H,23,25)/t19-/m0/s1. The highest BCUT2D eigenvalue weighted by atomic mass is 32.2. The smallest absolute Gasteiger partial charge is 0.243 e. The summed E-state index contributed by atoms with van der Waals surface area (Å²) in [6, 6.07) is 14.4. The van der Waals surface area contributed by atoms with Crippen LogP contribution in [0.5, 0.6) is 5.75 Å². The molecule has 1 N–H and O–H groups in total. The molecule has 1 aliphatic heterocycles. The second kappa shape index (κ2) is 9.41. The molecule has 0 aliphatic carbocycles. The number of sulfonamides is 1. The number of rotatable bonds is 7. The predicted molar refractivity (Wildman–Crippen MR) is 112 cm³/mol. The summed E-state index contributed by atoms with van der Waals surface area (Å²) in [5.41, 5.74) is 2.17. The topological polar surface area (TPSA) is 75.7 Å². The molecule has 1 fully saturated rings. The number of nitrogens with zero attached hydrogens (tertiary/aromatic N) is 1. The van der Waals surface area contributed by atoms with Gasteiger partial charge in [-0.2, -0.15) is 4.31 Å². The lowest BCUT2D eigenvalue weighted by Crippen LogP contribution is -2.45. The maximum absolute atomic E-state index is 12.8. The van der Waals surface area contributed by atoms with Gasteiger partial charge < -0.3 is 10.1 Å². The van der Waals surface area contributed by atoms with Crippen molar-refractivity contribution in [3.63, 3.8) is 0 Å². The van der Waals surface area contributed by atoms with Gasteiger partial charge in [0.15, 0.2) is 0 Å². The van der Waals surface area contributed by atoms with Crippen molar-refractivity contribution in [1.82, 2.24) is 9.62 Å². The van der Waals surface area contributed by atoms with Gasteiger partial charge in [0.05, 0.1) is 17.4 Å². The minimum absolute atomic E-state index is 0.123. The van der Waals surface area contributed by atoms with E-state index in [1.54, 1.807) is 30.3 Å². The van der Waals surface area contributed by atoms with Gasteiger partial charge in [-0.05, 0) is 56.0 Å². The van der Waals surface area contributed by atoms with Crippen LogP contribution in [0.15, 0.2) is 53.4 Å². The van der Waals surface area contributed by atoms with Gasteiger partial charge in [0.2, 0.25) is 15.9 Å². The van der Waals surface area contributed by atoms with Gasteiger partial charge in [-0.3, -0.25) is 4.79 Å². The SMILES string of the molecule is Cc1ccc(C)c(OCCNC(=O)[C@H]2CCCN(S(=O)(=O)c3ccccc3)C2)c1. The maximum Gasteiger partial charge on any atom is 0.243 e. The molecule has 0 bridgehead atoms. The van der Waals surface area contributed by atoms with E-state index in [0.29, 0.717) is 32.5 Å². The Balaban J connectivity index is 1.51. The second-order valence-electron chi connectivity index (χ2n) is 7.42. The van der Waals surface area contributed by atoms with Gasteiger partial charge in [0, 0.05) is 13.1 Å². The first-order valence-corrected chi connectivity index (χ1v) is 11.3. The van der Waals surface area contributed by atoms with E-state index in [1.165, 1.54) is 4.31 Å². The average Bonchev–Trinajstić information content (AvgIpc) is 2.74. The normalized spacial score (nSPS) is 17.7.